The summed E-state index contributed by atoms with van der Waals surface area (Å²) in [4.78, 5) is 0. The molecule has 1 heterocycles. The molecule has 0 aliphatic carbocycles. The molecular formula is C12H26O3Si. The smallest absolute Gasteiger partial charge is 0.191 e. The van der Waals surface area contributed by atoms with Gasteiger partial charge in [0, 0.05) is 12.5 Å². The number of aliphatic hydroxyl groups excluding tert-OH is 1. The van der Waals surface area contributed by atoms with E-state index >= 15 is 0 Å². The lowest BCUT2D eigenvalue weighted by Crippen LogP contribution is -2.42. The van der Waals surface area contributed by atoms with Crippen molar-refractivity contribution in [1.29, 1.82) is 0 Å². The summed E-state index contributed by atoms with van der Waals surface area (Å²) < 4.78 is 11.5. The lowest BCUT2D eigenvalue weighted by molar-refractivity contribution is 0.204. The van der Waals surface area contributed by atoms with E-state index < -0.39 is 8.32 Å². The number of ether oxygens (including phenoxy) is 1. The van der Waals surface area contributed by atoms with Gasteiger partial charge in [-0.1, -0.05) is 27.7 Å². The highest BCUT2D eigenvalue weighted by molar-refractivity contribution is 6.74. The predicted molar refractivity (Wildman–Crippen MR) is 68.1 cm³/mol. The molecule has 1 saturated heterocycles. The topological polar surface area (TPSA) is 42.0 Å². The van der Waals surface area contributed by atoms with Crippen molar-refractivity contribution >= 4 is 8.32 Å². The lowest BCUT2D eigenvalue weighted by atomic mass is 10.1. The molecule has 1 aliphatic heterocycles. The van der Waals surface area contributed by atoms with Gasteiger partial charge in [0.1, 0.15) is 6.10 Å². The van der Waals surface area contributed by atoms with Gasteiger partial charge in [-0.25, -0.2) is 0 Å². The molecule has 1 rings (SSSR count). The van der Waals surface area contributed by atoms with Crippen LogP contribution in [0.2, 0.25) is 18.1 Å². The third-order valence-corrected chi connectivity index (χ3v) is 8.38. The van der Waals surface area contributed by atoms with Crippen LogP contribution in [0.5, 0.6) is 0 Å². The summed E-state index contributed by atoms with van der Waals surface area (Å²) in [5.74, 6) is 0.381. The molecule has 0 aromatic carbocycles. The molecule has 1 aliphatic rings. The molecule has 0 spiro atoms. The fraction of sp³-hybridized carbons (Fsp3) is 1.00. The molecule has 4 heteroatoms. The van der Waals surface area contributed by atoms with E-state index in [1.165, 1.54) is 0 Å². The highest BCUT2D eigenvalue weighted by Gasteiger charge is 2.44. The van der Waals surface area contributed by atoms with Crippen LogP contribution in [-0.4, -0.2) is 38.8 Å². The molecular weight excluding hydrogens is 220 g/mol. The second kappa shape index (κ2) is 4.76. The van der Waals surface area contributed by atoms with Crippen LogP contribution in [0.4, 0.5) is 0 Å². The largest absolute Gasteiger partial charge is 0.416 e. The van der Waals surface area contributed by atoms with E-state index in [0.29, 0.717) is 5.92 Å². The van der Waals surface area contributed by atoms with Gasteiger partial charge < -0.3 is 14.3 Å². The first-order valence-corrected chi connectivity index (χ1v) is 9.00. The van der Waals surface area contributed by atoms with E-state index in [2.05, 4.69) is 40.8 Å². The summed E-state index contributed by atoms with van der Waals surface area (Å²) in [5.41, 5.74) is 0. The fourth-order valence-corrected chi connectivity index (χ4v) is 2.57. The van der Waals surface area contributed by atoms with Crippen LogP contribution in [0.15, 0.2) is 0 Å². The lowest BCUT2D eigenvalue weighted by Gasteiger charge is -2.36. The minimum atomic E-state index is -1.64. The maximum atomic E-state index is 8.93. The van der Waals surface area contributed by atoms with Crippen LogP contribution in [0.1, 0.15) is 27.7 Å². The first kappa shape index (κ1) is 14.2. The van der Waals surface area contributed by atoms with Gasteiger partial charge in [0.2, 0.25) is 0 Å². The summed E-state index contributed by atoms with van der Waals surface area (Å²) in [6, 6.07) is 0. The Bertz CT molecular complexity index is 235. The van der Waals surface area contributed by atoms with Gasteiger partial charge in [-0.2, -0.15) is 0 Å². The van der Waals surface area contributed by atoms with Crippen molar-refractivity contribution in [2.75, 3.05) is 13.2 Å². The number of aliphatic hydroxyl groups is 1. The second-order valence-corrected chi connectivity index (χ2v) is 11.2. The van der Waals surface area contributed by atoms with Crippen LogP contribution >= 0.6 is 0 Å². The van der Waals surface area contributed by atoms with Gasteiger partial charge in [0.05, 0.1) is 12.7 Å². The van der Waals surface area contributed by atoms with Gasteiger partial charge in [0.15, 0.2) is 8.32 Å². The molecule has 0 bridgehead atoms. The van der Waals surface area contributed by atoms with Crippen molar-refractivity contribution in [3.8, 4) is 0 Å². The molecule has 96 valence electrons. The van der Waals surface area contributed by atoms with E-state index in [0.717, 1.165) is 6.61 Å². The third-order valence-electron chi connectivity index (χ3n) is 3.88. The van der Waals surface area contributed by atoms with E-state index in [1.54, 1.807) is 0 Å². The van der Waals surface area contributed by atoms with Crippen molar-refractivity contribution in [3.63, 3.8) is 0 Å². The molecule has 0 saturated carbocycles. The summed E-state index contributed by atoms with van der Waals surface area (Å²) in [6.07, 6.45) is 0.257. The zero-order valence-electron chi connectivity index (χ0n) is 11.4. The third kappa shape index (κ3) is 3.29. The van der Waals surface area contributed by atoms with Gasteiger partial charge >= 0.3 is 0 Å². The molecule has 0 radical (unpaired) electrons. The molecule has 1 N–H and O–H groups in total. The number of hydrogen-bond donors (Lipinski definition) is 1. The second-order valence-electron chi connectivity index (χ2n) is 6.37. The van der Waals surface area contributed by atoms with Crippen LogP contribution in [-0.2, 0) is 9.16 Å². The Kier molecular flexibility index (Phi) is 4.22. The van der Waals surface area contributed by atoms with Crippen molar-refractivity contribution in [1.82, 2.24) is 0 Å². The Morgan fingerprint density at radius 2 is 1.94 bits per heavy atom. The molecule has 0 aromatic rings. The highest BCUT2D eigenvalue weighted by atomic mass is 28.4. The summed E-state index contributed by atoms with van der Waals surface area (Å²) in [5, 5.41) is 9.18. The SMILES string of the molecule is C[C@@H](CO[Si](C)(C)C(C)(C)C)[C@H]1O[C@@H]1CO. The first-order valence-electron chi connectivity index (χ1n) is 6.09. The number of rotatable bonds is 5. The Labute approximate surface area is 100 Å². The van der Waals surface area contributed by atoms with Crippen molar-refractivity contribution in [2.45, 2.75) is 58.0 Å². The summed E-state index contributed by atoms with van der Waals surface area (Å²) in [6.45, 7) is 14.3. The monoisotopic (exact) mass is 246 g/mol. The first-order chi connectivity index (χ1) is 7.19. The van der Waals surface area contributed by atoms with Crippen molar-refractivity contribution in [2.24, 2.45) is 5.92 Å². The van der Waals surface area contributed by atoms with Crippen LogP contribution in [0, 0.1) is 5.92 Å². The van der Waals surface area contributed by atoms with E-state index in [-0.39, 0.29) is 23.9 Å². The normalized spacial score (nSPS) is 27.9. The minimum absolute atomic E-state index is 0.0537. The van der Waals surface area contributed by atoms with Gasteiger partial charge in [-0.05, 0) is 18.1 Å². The molecule has 0 amide bonds. The minimum Gasteiger partial charge on any atom is -0.416 e. The van der Waals surface area contributed by atoms with Gasteiger partial charge in [-0.15, -0.1) is 0 Å². The summed E-state index contributed by atoms with van der Waals surface area (Å²) >= 11 is 0. The van der Waals surface area contributed by atoms with Gasteiger partial charge in [-0.3, -0.25) is 0 Å². The Morgan fingerprint density at radius 3 is 2.31 bits per heavy atom. The average molecular weight is 246 g/mol. The van der Waals surface area contributed by atoms with Crippen molar-refractivity contribution < 1.29 is 14.3 Å². The maximum absolute atomic E-state index is 8.93. The number of hydrogen-bond acceptors (Lipinski definition) is 3. The molecule has 0 unspecified atom stereocenters. The Morgan fingerprint density at radius 1 is 1.38 bits per heavy atom. The van der Waals surface area contributed by atoms with Gasteiger partial charge in [0.25, 0.3) is 0 Å². The zero-order valence-corrected chi connectivity index (χ0v) is 12.4. The van der Waals surface area contributed by atoms with Crippen LogP contribution in [0.25, 0.3) is 0 Å². The Balaban J connectivity index is 2.35. The highest BCUT2D eigenvalue weighted by Crippen LogP contribution is 2.38. The van der Waals surface area contributed by atoms with E-state index in [1.807, 2.05) is 0 Å². The molecule has 3 nitrogen and oxygen atoms in total. The Hall–Kier alpha value is 0.0969. The fourth-order valence-electron chi connectivity index (χ4n) is 1.46. The standard InChI is InChI=1S/C12H26O3Si/c1-9(11-10(7-13)15-11)8-14-16(5,6)12(2,3)4/h9-11,13H,7-8H2,1-6H3/t9-,10+,11+/m0/s1. The van der Waals surface area contributed by atoms with E-state index in [9.17, 15) is 0 Å². The molecule has 1 fully saturated rings. The van der Waals surface area contributed by atoms with Crippen LogP contribution < -0.4 is 0 Å². The summed E-state index contributed by atoms with van der Waals surface area (Å²) in [7, 11) is -1.64. The van der Waals surface area contributed by atoms with Crippen molar-refractivity contribution in [3.05, 3.63) is 0 Å². The van der Waals surface area contributed by atoms with Crippen LogP contribution in [0.3, 0.4) is 0 Å². The van der Waals surface area contributed by atoms with E-state index in [4.69, 9.17) is 14.3 Å². The molecule has 16 heavy (non-hydrogen) atoms. The number of epoxide rings is 1. The average Bonchev–Trinajstić information content (AvgIpc) is 2.91. The zero-order chi connectivity index (χ0) is 12.6. The molecule has 3 atom stereocenters. The molecule has 0 aromatic heterocycles. The quantitative estimate of drug-likeness (QED) is 0.598. The maximum Gasteiger partial charge on any atom is 0.191 e. The predicted octanol–water partition coefficient (Wildman–Crippen LogP) is 2.40.